The minimum absolute atomic E-state index is 0.914. The van der Waals surface area contributed by atoms with E-state index in [0.717, 1.165) is 91.4 Å². The molecule has 0 atom stereocenters. The van der Waals surface area contributed by atoms with E-state index in [-0.39, 0.29) is 0 Å². The third kappa shape index (κ3) is 9.03. The van der Waals surface area contributed by atoms with Gasteiger partial charge in [-0.1, -0.05) is 146 Å². The third-order valence-electron chi connectivity index (χ3n) is 13.1. The van der Waals surface area contributed by atoms with Crippen LogP contribution in [0.2, 0.25) is 0 Å². The zero-order chi connectivity index (χ0) is 48.6. The Kier molecular flexibility index (Phi) is 13.0. The van der Waals surface area contributed by atoms with Crippen LogP contribution in [0.25, 0.3) is 27.5 Å². The van der Waals surface area contributed by atoms with Crippen molar-refractivity contribution in [1.29, 1.82) is 0 Å². The van der Waals surface area contributed by atoms with Crippen molar-refractivity contribution < 1.29 is 0 Å². The number of anilines is 11. The highest BCUT2D eigenvalue weighted by molar-refractivity contribution is 6.09. The maximum absolute atomic E-state index is 2.42. The van der Waals surface area contributed by atoms with Gasteiger partial charge in [-0.3, -0.25) is 0 Å². The molecule has 1 heterocycles. The van der Waals surface area contributed by atoms with Crippen LogP contribution in [0.4, 0.5) is 62.6 Å². The van der Waals surface area contributed by atoms with Crippen LogP contribution in [0.15, 0.2) is 291 Å². The van der Waals surface area contributed by atoms with E-state index in [1.54, 1.807) is 0 Å². The monoisotopic (exact) mass is 929 g/mol. The molecule has 0 amide bonds. The molecule has 0 aliphatic carbocycles. The summed E-state index contributed by atoms with van der Waals surface area (Å²) in [5.41, 5.74) is 16.1. The predicted molar refractivity (Wildman–Crippen MR) is 307 cm³/mol. The van der Waals surface area contributed by atoms with Gasteiger partial charge in [0.25, 0.3) is 0 Å². The van der Waals surface area contributed by atoms with Gasteiger partial charge in [-0.15, -0.1) is 0 Å². The van der Waals surface area contributed by atoms with Crippen LogP contribution in [0.1, 0.15) is 20.3 Å². The number of fused-ring (bicyclic) bond motifs is 3. The maximum atomic E-state index is 2.42. The van der Waals surface area contributed by atoms with Crippen LogP contribution in [0.5, 0.6) is 0 Å². The lowest BCUT2D eigenvalue weighted by atomic mass is 10.1. The SMILES string of the molecule is C/C=C\C(=C/CC)N(c1ccccc1)c1ccc(N(c2ccccc2)c2cc(N(c3ccccc3)c3ccc(N(c4ccccc4)c4ccccc4)cc3)cc(-n3c4ccccc4c4ccccc43)c2)cc1. The molecule has 0 bridgehead atoms. The molecule has 11 rings (SSSR count). The molecule has 72 heavy (non-hydrogen) atoms. The van der Waals surface area contributed by atoms with E-state index in [9.17, 15) is 0 Å². The number of rotatable bonds is 15. The van der Waals surface area contributed by atoms with E-state index >= 15 is 0 Å². The first kappa shape index (κ1) is 45.1. The normalized spacial score (nSPS) is 11.6. The molecule has 0 saturated heterocycles. The summed E-state index contributed by atoms with van der Waals surface area (Å²) in [6, 6.07) is 95.7. The van der Waals surface area contributed by atoms with Gasteiger partial charge in [0, 0.05) is 67.7 Å². The highest BCUT2D eigenvalue weighted by Gasteiger charge is 2.23. The van der Waals surface area contributed by atoms with Crippen molar-refractivity contribution in [2.45, 2.75) is 20.3 Å². The Bertz CT molecular complexity index is 3510. The summed E-state index contributed by atoms with van der Waals surface area (Å²) < 4.78 is 2.42. The number of hydrogen-bond donors (Lipinski definition) is 0. The Hall–Kier alpha value is -9.32. The zero-order valence-electron chi connectivity index (χ0n) is 40.6. The van der Waals surface area contributed by atoms with Crippen molar-refractivity contribution in [2.75, 3.05) is 19.6 Å². The Morgan fingerprint density at radius 2 is 0.653 bits per heavy atom. The van der Waals surface area contributed by atoms with Crippen LogP contribution in [-0.2, 0) is 0 Å². The van der Waals surface area contributed by atoms with Gasteiger partial charge in [0.1, 0.15) is 0 Å². The molecule has 5 heteroatoms. The van der Waals surface area contributed by atoms with Crippen LogP contribution < -0.4 is 19.6 Å². The fourth-order valence-electron chi connectivity index (χ4n) is 9.96. The first-order chi connectivity index (χ1) is 35.7. The molecule has 11 aromatic rings. The van der Waals surface area contributed by atoms with Gasteiger partial charge in [-0.2, -0.15) is 0 Å². The highest BCUT2D eigenvalue weighted by Crippen LogP contribution is 2.45. The molecule has 0 aliphatic heterocycles. The lowest BCUT2D eigenvalue weighted by Gasteiger charge is -2.31. The molecule has 10 aromatic carbocycles. The van der Waals surface area contributed by atoms with Gasteiger partial charge in [0.15, 0.2) is 0 Å². The van der Waals surface area contributed by atoms with Gasteiger partial charge in [-0.25, -0.2) is 0 Å². The fraction of sp³-hybridized carbons (Fsp3) is 0.0448. The zero-order valence-corrected chi connectivity index (χ0v) is 40.6. The minimum atomic E-state index is 0.914. The van der Waals surface area contributed by atoms with Gasteiger partial charge >= 0.3 is 0 Å². The molecule has 0 aliphatic rings. The fourth-order valence-corrected chi connectivity index (χ4v) is 9.96. The summed E-state index contributed by atoms with van der Waals surface area (Å²) in [5, 5.41) is 2.43. The van der Waals surface area contributed by atoms with Crippen molar-refractivity contribution in [3.05, 3.63) is 291 Å². The first-order valence-corrected chi connectivity index (χ1v) is 24.8. The summed E-state index contributed by atoms with van der Waals surface area (Å²) in [7, 11) is 0. The Balaban J connectivity index is 1.12. The van der Waals surface area contributed by atoms with Crippen molar-refractivity contribution >= 4 is 84.4 Å². The second-order valence-electron chi connectivity index (χ2n) is 17.7. The molecule has 0 unspecified atom stereocenters. The van der Waals surface area contributed by atoms with E-state index in [2.05, 4.69) is 323 Å². The van der Waals surface area contributed by atoms with Crippen molar-refractivity contribution in [3.8, 4) is 5.69 Å². The summed E-state index contributed by atoms with van der Waals surface area (Å²) >= 11 is 0. The van der Waals surface area contributed by atoms with Crippen molar-refractivity contribution in [3.63, 3.8) is 0 Å². The molecule has 0 radical (unpaired) electrons. The highest BCUT2D eigenvalue weighted by atomic mass is 15.2. The molecule has 0 N–H and O–H groups in total. The molecule has 0 fully saturated rings. The molecule has 348 valence electrons. The second kappa shape index (κ2) is 20.7. The summed E-state index contributed by atoms with van der Waals surface area (Å²) in [4.78, 5) is 9.41. The molecule has 5 nitrogen and oxygen atoms in total. The van der Waals surface area contributed by atoms with E-state index in [0.29, 0.717) is 0 Å². The molecular formula is C67H55N5. The van der Waals surface area contributed by atoms with Gasteiger partial charge in [0.2, 0.25) is 0 Å². The first-order valence-electron chi connectivity index (χ1n) is 24.8. The van der Waals surface area contributed by atoms with E-state index in [1.165, 1.54) is 10.8 Å². The summed E-state index contributed by atoms with van der Waals surface area (Å²) in [6.07, 6.45) is 7.50. The van der Waals surface area contributed by atoms with E-state index in [1.807, 2.05) is 0 Å². The number of para-hydroxylation sites is 7. The van der Waals surface area contributed by atoms with Crippen LogP contribution in [-0.4, -0.2) is 4.57 Å². The number of aromatic nitrogens is 1. The van der Waals surface area contributed by atoms with Crippen molar-refractivity contribution in [1.82, 2.24) is 4.57 Å². The van der Waals surface area contributed by atoms with Gasteiger partial charge < -0.3 is 24.2 Å². The Labute approximate surface area is 423 Å². The maximum Gasteiger partial charge on any atom is 0.0541 e. The second-order valence-corrected chi connectivity index (χ2v) is 17.7. The van der Waals surface area contributed by atoms with Crippen LogP contribution in [0.3, 0.4) is 0 Å². The number of benzene rings is 10. The number of hydrogen-bond acceptors (Lipinski definition) is 4. The Morgan fingerprint density at radius 1 is 0.347 bits per heavy atom. The minimum Gasteiger partial charge on any atom is -0.311 e. The third-order valence-corrected chi connectivity index (χ3v) is 13.1. The average molecular weight is 930 g/mol. The predicted octanol–water partition coefficient (Wildman–Crippen LogP) is 19.2. The number of nitrogens with zero attached hydrogens (tertiary/aromatic N) is 5. The smallest absolute Gasteiger partial charge is 0.0541 e. The lowest BCUT2D eigenvalue weighted by molar-refractivity contribution is 1.13. The quantitative estimate of drug-likeness (QED) is 0.0953. The van der Waals surface area contributed by atoms with Crippen molar-refractivity contribution in [2.24, 2.45) is 0 Å². The molecule has 1 aromatic heterocycles. The molecular weight excluding hydrogens is 875 g/mol. The standard InChI is InChI=1S/C67H55N5/c1-3-24-51(25-4-2)68(52-26-10-5-11-27-52)57-40-44-59(45-41-57)70(55-32-16-8-17-33-55)61-48-62(50-63(49-61)72-66-38-22-20-36-64(66)65-37-21-23-39-67(65)72)71(56-34-18-9-19-35-56)60-46-42-58(43-47-60)69(53-28-12-6-13-29-53)54-30-14-7-15-31-54/h3,5-50H,4H2,1-2H3/b24-3-,51-25+. The van der Waals surface area contributed by atoms with E-state index < -0.39 is 0 Å². The summed E-state index contributed by atoms with van der Waals surface area (Å²) in [5.74, 6) is 0. The molecule has 0 spiro atoms. The van der Waals surface area contributed by atoms with E-state index in [4.69, 9.17) is 0 Å². The lowest BCUT2D eigenvalue weighted by Crippen LogP contribution is -2.16. The summed E-state index contributed by atoms with van der Waals surface area (Å²) in [6.45, 7) is 4.27. The Morgan fingerprint density at radius 3 is 1.03 bits per heavy atom. The molecule has 0 saturated carbocycles. The number of allylic oxidation sites excluding steroid dienone is 3. The van der Waals surface area contributed by atoms with Crippen LogP contribution in [0, 0.1) is 0 Å². The topological polar surface area (TPSA) is 17.9 Å². The van der Waals surface area contributed by atoms with Crippen LogP contribution >= 0.6 is 0 Å². The van der Waals surface area contributed by atoms with Gasteiger partial charge in [-0.05, 0) is 159 Å². The van der Waals surface area contributed by atoms with Gasteiger partial charge in [0.05, 0.1) is 28.1 Å². The average Bonchev–Trinajstić information content (AvgIpc) is 3.78. The largest absolute Gasteiger partial charge is 0.311 e.